The first-order valence-corrected chi connectivity index (χ1v) is 7.72. The van der Waals surface area contributed by atoms with E-state index in [2.05, 4.69) is 5.32 Å². The summed E-state index contributed by atoms with van der Waals surface area (Å²) in [5.74, 6) is -0.476. The van der Waals surface area contributed by atoms with Crippen LogP contribution in [0.25, 0.3) is 0 Å². The minimum absolute atomic E-state index is 0.0577. The van der Waals surface area contributed by atoms with E-state index in [0.29, 0.717) is 13.0 Å². The molecule has 1 fully saturated rings. The Morgan fingerprint density at radius 1 is 1.27 bits per heavy atom. The highest BCUT2D eigenvalue weighted by Gasteiger charge is 2.40. The van der Waals surface area contributed by atoms with Crippen LogP contribution in [0.2, 0.25) is 0 Å². The van der Waals surface area contributed by atoms with Gasteiger partial charge in [0.15, 0.2) is 0 Å². The summed E-state index contributed by atoms with van der Waals surface area (Å²) < 4.78 is 0. The van der Waals surface area contributed by atoms with Gasteiger partial charge in [0.05, 0.1) is 0 Å². The van der Waals surface area contributed by atoms with E-state index in [1.165, 1.54) is 0 Å². The van der Waals surface area contributed by atoms with E-state index in [4.69, 9.17) is 5.73 Å². The Balaban J connectivity index is 2.22. The SMILES string of the molecule is CC(C)(C)C(Nc1ccccc1)C(=O)N1CCCC1C(N)=O. The third kappa shape index (κ3) is 3.59. The Morgan fingerprint density at radius 2 is 1.91 bits per heavy atom. The largest absolute Gasteiger partial charge is 0.373 e. The normalized spacial score (nSPS) is 19.8. The number of hydrogen-bond donors (Lipinski definition) is 2. The number of carbonyl (C=O) groups is 2. The molecular formula is C17H25N3O2. The van der Waals surface area contributed by atoms with E-state index in [-0.39, 0.29) is 11.3 Å². The van der Waals surface area contributed by atoms with E-state index in [9.17, 15) is 9.59 Å². The molecule has 120 valence electrons. The van der Waals surface area contributed by atoms with Gasteiger partial charge in [-0.25, -0.2) is 0 Å². The van der Waals surface area contributed by atoms with Crippen molar-refractivity contribution < 1.29 is 9.59 Å². The Bertz CT molecular complexity index is 537. The topological polar surface area (TPSA) is 75.4 Å². The second kappa shape index (κ2) is 6.38. The molecule has 22 heavy (non-hydrogen) atoms. The minimum Gasteiger partial charge on any atom is -0.373 e. The molecule has 0 spiro atoms. The fourth-order valence-electron chi connectivity index (χ4n) is 2.84. The standard InChI is InChI=1S/C17H25N3O2/c1-17(2,3)14(19-12-8-5-4-6-9-12)16(22)20-11-7-10-13(20)15(18)21/h4-6,8-9,13-14,19H,7,10-11H2,1-3H3,(H2,18,21). The van der Waals surface area contributed by atoms with E-state index >= 15 is 0 Å². The lowest BCUT2D eigenvalue weighted by atomic mass is 9.85. The summed E-state index contributed by atoms with van der Waals surface area (Å²) in [7, 11) is 0. The van der Waals surface area contributed by atoms with Crippen LogP contribution in [0, 0.1) is 5.41 Å². The van der Waals surface area contributed by atoms with Gasteiger partial charge in [0.1, 0.15) is 12.1 Å². The van der Waals surface area contributed by atoms with Crippen LogP contribution in [0.5, 0.6) is 0 Å². The molecule has 1 aliphatic rings. The second-order valence-electron chi connectivity index (χ2n) is 6.90. The van der Waals surface area contributed by atoms with Crippen LogP contribution in [-0.2, 0) is 9.59 Å². The Morgan fingerprint density at radius 3 is 2.45 bits per heavy atom. The maximum absolute atomic E-state index is 13.0. The van der Waals surface area contributed by atoms with Gasteiger partial charge >= 0.3 is 0 Å². The quantitative estimate of drug-likeness (QED) is 0.893. The highest BCUT2D eigenvalue weighted by Crippen LogP contribution is 2.28. The number of anilines is 1. The van der Waals surface area contributed by atoms with Gasteiger partial charge in [0.25, 0.3) is 0 Å². The van der Waals surface area contributed by atoms with Gasteiger partial charge in [-0.1, -0.05) is 39.0 Å². The van der Waals surface area contributed by atoms with Gasteiger partial charge < -0.3 is 16.0 Å². The van der Waals surface area contributed by atoms with Crippen molar-refractivity contribution in [2.45, 2.75) is 45.7 Å². The lowest BCUT2D eigenvalue weighted by Gasteiger charge is -2.35. The Hall–Kier alpha value is -2.04. The van der Waals surface area contributed by atoms with Crippen LogP contribution in [0.3, 0.4) is 0 Å². The second-order valence-corrected chi connectivity index (χ2v) is 6.90. The summed E-state index contributed by atoms with van der Waals surface area (Å²) in [4.78, 5) is 26.2. The molecule has 0 aliphatic carbocycles. The zero-order valence-electron chi connectivity index (χ0n) is 13.5. The third-order valence-electron chi connectivity index (χ3n) is 4.06. The van der Waals surface area contributed by atoms with E-state index in [1.807, 2.05) is 51.1 Å². The zero-order chi connectivity index (χ0) is 16.3. The maximum Gasteiger partial charge on any atom is 0.246 e. The number of likely N-dealkylation sites (tertiary alicyclic amines) is 1. The summed E-state index contributed by atoms with van der Waals surface area (Å²) >= 11 is 0. The number of nitrogens with two attached hydrogens (primary N) is 1. The molecule has 0 bridgehead atoms. The molecule has 2 atom stereocenters. The molecule has 1 aliphatic heterocycles. The number of amides is 2. The highest BCUT2D eigenvalue weighted by molar-refractivity contribution is 5.91. The van der Waals surface area contributed by atoms with Crippen molar-refractivity contribution >= 4 is 17.5 Å². The summed E-state index contributed by atoms with van der Waals surface area (Å²) in [6.45, 7) is 6.64. The van der Waals surface area contributed by atoms with Crippen molar-refractivity contribution in [1.29, 1.82) is 0 Å². The number of para-hydroxylation sites is 1. The number of benzene rings is 1. The van der Waals surface area contributed by atoms with E-state index in [1.54, 1.807) is 4.90 Å². The zero-order valence-corrected chi connectivity index (χ0v) is 13.5. The summed E-state index contributed by atoms with van der Waals surface area (Å²) in [5, 5.41) is 3.31. The number of nitrogens with one attached hydrogen (secondary N) is 1. The molecule has 3 N–H and O–H groups in total. The van der Waals surface area contributed by atoms with Gasteiger partial charge in [0, 0.05) is 12.2 Å². The lowest BCUT2D eigenvalue weighted by molar-refractivity contribution is -0.139. The van der Waals surface area contributed by atoms with Gasteiger partial charge in [-0.15, -0.1) is 0 Å². The van der Waals surface area contributed by atoms with Crippen LogP contribution in [-0.4, -0.2) is 35.3 Å². The van der Waals surface area contributed by atoms with Crippen LogP contribution >= 0.6 is 0 Å². The number of nitrogens with zero attached hydrogens (tertiary/aromatic N) is 1. The van der Waals surface area contributed by atoms with Crippen LogP contribution in [0.1, 0.15) is 33.6 Å². The van der Waals surface area contributed by atoms with Crippen molar-refractivity contribution in [2.75, 3.05) is 11.9 Å². The predicted octanol–water partition coefficient (Wildman–Crippen LogP) is 1.99. The molecule has 0 radical (unpaired) electrons. The summed E-state index contributed by atoms with van der Waals surface area (Å²) in [6.07, 6.45) is 1.48. The first kappa shape index (κ1) is 16.3. The number of carbonyl (C=O) groups excluding carboxylic acids is 2. The van der Waals surface area contributed by atoms with Gasteiger partial charge in [-0.05, 0) is 30.4 Å². The van der Waals surface area contributed by atoms with Crippen molar-refractivity contribution in [3.63, 3.8) is 0 Å². The first-order chi connectivity index (χ1) is 10.3. The minimum atomic E-state index is -0.477. The molecule has 2 unspecified atom stereocenters. The molecule has 2 amide bonds. The van der Waals surface area contributed by atoms with Crippen LogP contribution < -0.4 is 11.1 Å². The first-order valence-electron chi connectivity index (χ1n) is 7.72. The van der Waals surface area contributed by atoms with Crippen molar-refractivity contribution in [3.8, 4) is 0 Å². The molecule has 1 saturated heterocycles. The van der Waals surface area contributed by atoms with Crippen molar-refractivity contribution in [1.82, 2.24) is 4.90 Å². The fourth-order valence-corrected chi connectivity index (χ4v) is 2.84. The van der Waals surface area contributed by atoms with E-state index in [0.717, 1.165) is 12.1 Å². The summed E-state index contributed by atoms with van der Waals surface area (Å²) in [5.41, 5.74) is 6.05. The fraction of sp³-hybridized carbons (Fsp3) is 0.529. The number of primary amides is 1. The van der Waals surface area contributed by atoms with Gasteiger partial charge in [-0.3, -0.25) is 9.59 Å². The highest BCUT2D eigenvalue weighted by atomic mass is 16.2. The van der Waals surface area contributed by atoms with Gasteiger partial charge in [0.2, 0.25) is 11.8 Å². The number of hydrogen-bond acceptors (Lipinski definition) is 3. The third-order valence-corrected chi connectivity index (χ3v) is 4.06. The van der Waals surface area contributed by atoms with Crippen molar-refractivity contribution in [3.05, 3.63) is 30.3 Å². The molecule has 5 heteroatoms. The van der Waals surface area contributed by atoms with Crippen LogP contribution in [0.15, 0.2) is 30.3 Å². The van der Waals surface area contributed by atoms with Crippen LogP contribution in [0.4, 0.5) is 5.69 Å². The molecule has 0 aromatic heterocycles. The molecule has 1 aromatic carbocycles. The Kier molecular flexibility index (Phi) is 4.74. The molecule has 0 saturated carbocycles. The predicted molar refractivity (Wildman–Crippen MR) is 87.2 cm³/mol. The molecule has 5 nitrogen and oxygen atoms in total. The van der Waals surface area contributed by atoms with Gasteiger partial charge in [-0.2, -0.15) is 0 Å². The molecule has 1 aromatic rings. The average Bonchev–Trinajstić information content (AvgIpc) is 2.93. The monoisotopic (exact) mass is 303 g/mol. The summed E-state index contributed by atoms with van der Waals surface area (Å²) in [6, 6.07) is 8.76. The maximum atomic E-state index is 13.0. The molecular weight excluding hydrogens is 278 g/mol. The Labute approximate surface area is 131 Å². The number of rotatable bonds is 4. The smallest absolute Gasteiger partial charge is 0.246 e. The molecule has 2 rings (SSSR count). The van der Waals surface area contributed by atoms with E-state index < -0.39 is 18.0 Å². The van der Waals surface area contributed by atoms with Crippen molar-refractivity contribution in [2.24, 2.45) is 11.1 Å². The average molecular weight is 303 g/mol. The lowest BCUT2D eigenvalue weighted by Crippen LogP contribution is -2.53. The molecule has 1 heterocycles.